The standard InChI is InChI=1S/C36H27N2O10/c1-37-14-12-23(13-15-37)3-2-22-4-8-26(9-5-22)38(16-18-45-31(39)24-6-10-27-29(20-24)35(43)47-33(27)41)17-19-46-32(40)25-7-11-28-30(21-25)36(44)48-34(28)42/h2-15,20-21H,16-19H2,1H3/q+1. The van der Waals surface area contributed by atoms with E-state index in [4.69, 9.17) is 9.47 Å². The van der Waals surface area contributed by atoms with E-state index in [9.17, 15) is 28.8 Å². The summed E-state index contributed by atoms with van der Waals surface area (Å²) in [5, 5.41) is 0. The highest BCUT2D eigenvalue weighted by molar-refractivity contribution is 6.16. The largest absolute Gasteiger partial charge is 0.460 e. The van der Waals surface area contributed by atoms with E-state index in [2.05, 4.69) is 9.47 Å². The highest BCUT2D eigenvalue weighted by atomic mass is 16.6. The van der Waals surface area contributed by atoms with Crippen molar-refractivity contribution in [2.24, 2.45) is 7.05 Å². The van der Waals surface area contributed by atoms with Crippen molar-refractivity contribution in [2.45, 2.75) is 0 Å². The van der Waals surface area contributed by atoms with Gasteiger partial charge in [0.05, 0.1) is 46.5 Å². The maximum absolute atomic E-state index is 12.8. The zero-order chi connectivity index (χ0) is 33.8. The van der Waals surface area contributed by atoms with Crippen molar-refractivity contribution in [3.05, 3.63) is 130 Å². The summed E-state index contributed by atoms with van der Waals surface area (Å²) in [5.74, 6) is -4.57. The van der Waals surface area contributed by atoms with Gasteiger partial charge in [-0.3, -0.25) is 0 Å². The van der Waals surface area contributed by atoms with Gasteiger partial charge in [0.2, 0.25) is 0 Å². The van der Waals surface area contributed by atoms with Gasteiger partial charge in [0.1, 0.15) is 20.3 Å². The van der Waals surface area contributed by atoms with E-state index in [-0.39, 0.29) is 59.7 Å². The van der Waals surface area contributed by atoms with Gasteiger partial charge in [-0.1, -0.05) is 24.3 Å². The minimum absolute atomic E-state index is 0.000149. The number of esters is 6. The van der Waals surface area contributed by atoms with E-state index < -0.39 is 35.8 Å². The zero-order valence-corrected chi connectivity index (χ0v) is 25.5. The Morgan fingerprint density at radius 2 is 1.06 bits per heavy atom. The second-order valence-corrected chi connectivity index (χ2v) is 10.9. The minimum Gasteiger partial charge on any atom is -0.460 e. The molecule has 0 amide bonds. The fourth-order valence-corrected chi connectivity index (χ4v) is 5.07. The van der Waals surface area contributed by atoms with E-state index >= 15 is 0 Å². The summed E-state index contributed by atoms with van der Waals surface area (Å²) in [5.41, 5.74) is 3.11. The number of benzene rings is 3. The Balaban J connectivity index is 1.11. The first-order chi connectivity index (χ1) is 23.2. The molecule has 0 spiro atoms. The Bertz CT molecular complexity index is 1900. The number of carbonyl (C=O) groups is 6. The molecule has 12 heteroatoms. The van der Waals surface area contributed by atoms with E-state index in [0.29, 0.717) is 0 Å². The van der Waals surface area contributed by atoms with Crippen LogP contribution in [0.4, 0.5) is 5.69 Å². The van der Waals surface area contributed by atoms with Crippen LogP contribution in [-0.4, -0.2) is 62.1 Å². The van der Waals surface area contributed by atoms with Crippen LogP contribution in [-0.2, 0) is 26.0 Å². The molecule has 240 valence electrons. The molecule has 0 N–H and O–H groups in total. The molecule has 0 fully saturated rings. The Morgan fingerprint density at radius 3 is 1.54 bits per heavy atom. The number of carbonyl (C=O) groups excluding carboxylic acids is 6. The number of cyclic esters (lactones) is 4. The number of hydrogen-bond donors (Lipinski definition) is 0. The Morgan fingerprint density at radius 1 is 0.625 bits per heavy atom. The van der Waals surface area contributed by atoms with Crippen LogP contribution < -0.4 is 9.47 Å². The van der Waals surface area contributed by atoms with Gasteiger partial charge in [-0.25, -0.2) is 33.3 Å². The average molecular weight is 648 g/mol. The van der Waals surface area contributed by atoms with Gasteiger partial charge in [0, 0.05) is 17.8 Å². The van der Waals surface area contributed by atoms with Crippen molar-refractivity contribution in [3.8, 4) is 0 Å². The van der Waals surface area contributed by atoms with E-state index in [1.165, 1.54) is 36.4 Å². The number of rotatable bonds is 11. The van der Waals surface area contributed by atoms with Crippen LogP contribution in [0.3, 0.4) is 0 Å². The van der Waals surface area contributed by atoms with Crippen LogP contribution in [0.1, 0.15) is 73.3 Å². The predicted molar refractivity (Wildman–Crippen MR) is 168 cm³/mol. The molecule has 6 rings (SSSR count). The van der Waals surface area contributed by atoms with Crippen molar-refractivity contribution in [2.75, 3.05) is 31.2 Å². The number of fused-ring (bicyclic) bond motifs is 2. The average Bonchev–Trinajstić information content (AvgIpc) is 3.55. The quantitative estimate of drug-likeness (QED) is 0.101. The van der Waals surface area contributed by atoms with Crippen molar-refractivity contribution >= 4 is 53.7 Å². The van der Waals surface area contributed by atoms with Gasteiger partial charge in [-0.05, 0) is 59.7 Å². The first-order valence-corrected chi connectivity index (χ1v) is 14.8. The molecule has 0 bridgehead atoms. The Kier molecular flexibility index (Phi) is 8.88. The predicted octanol–water partition coefficient (Wildman–Crippen LogP) is 3.82. The molecule has 12 nitrogen and oxygen atoms in total. The molecule has 0 atom stereocenters. The highest BCUT2D eigenvalue weighted by Gasteiger charge is 2.31. The van der Waals surface area contributed by atoms with Gasteiger partial charge < -0.3 is 23.8 Å². The topological polar surface area (TPSA) is 146 Å². The number of anilines is 1. The number of ether oxygens (including phenoxy) is 4. The molecule has 0 unspecified atom stereocenters. The van der Waals surface area contributed by atoms with Gasteiger partial charge in [-0.2, -0.15) is 0 Å². The molecule has 0 saturated carbocycles. The van der Waals surface area contributed by atoms with Crippen LogP contribution in [0.15, 0.2) is 85.2 Å². The molecule has 2 aliphatic heterocycles. The van der Waals surface area contributed by atoms with Crippen molar-refractivity contribution in [3.63, 3.8) is 0 Å². The van der Waals surface area contributed by atoms with Crippen molar-refractivity contribution in [1.82, 2.24) is 0 Å². The summed E-state index contributed by atoms with van der Waals surface area (Å²) < 4.78 is 22.0. The van der Waals surface area contributed by atoms with Crippen LogP contribution in [0.25, 0.3) is 12.2 Å². The number of hydrogen-bond acceptors (Lipinski definition) is 11. The summed E-state index contributed by atoms with van der Waals surface area (Å²) in [6.45, 7) is 0.331. The Labute approximate surface area is 273 Å². The molecule has 3 aromatic carbocycles. The maximum Gasteiger partial charge on any atom is 0.346 e. The van der Waals surface area contributed by atoms with Crippen molar-refractivity contribution < 1.29 is 52.3 Å². The fraction of sp³-hybridized carbons (Fsp3) is 0.139. The highest BCUT2D eigenvalue weighted by Crippen LogP contribution is 2.23. The van der Waals surface area contributed by atoms with Crippen LogP contribution in [0.5, 0.6) is 0 Å². The minimum atomic E-state index is -0.824. The monoisotopic (exact) mass is 647 g/mol. The van der Waals surface area contributed by atoms with Gasteiger partial charge >= 0.3 is 35.8 Å². The van der Waals surface area contributed by atoms with Gasteiger partial charge in [-0.15, -0.1) is 0 Å². The lowest BCUT2D eigenvalue weighted by Crippen LogP contribution is -2.32. The first-order valence-electron chi connectivity index (χ1n) is 14.8. The molecule has 1 aromatic heterocycles. The second kappa shape index (κ2) is 13.5. The third kappa shape index (κ3) is 6.87. The van der Waals surface area contributed by atoms with E-state index in [1.54, 1.807) is 0 Å². The molecule has 4 aromatic rings. The number of aryl methyl sites for hydroxylation is 1. The summed E-state index contributed by atoms with van der Waals surface area (Å²) >= 11 is 0. The fourth-order valence-electron chi connectivity index (χ4n) is 5.07. The second-order valence-electron chi connectivity index (χ2n) is 10.9. The normalized spacial score (nSPS) is 13.2. The number of aromatic nitrogens is 1. The van der Waals surface area contributed by atoms with Gasteiger partial charge in [0.25, 0.3) is 0 Å². The molecule has 0 aliphatic carbocycles. The van der Waals surface area contributed by atoms with Gasteiger partial charge in [0.15, 0.2) is 12.4 Å². The summed E-state index contributed by atoms with van der Waals surface area (Å²) in [6, 6.07) is 19.6. The molecular weight excluding hydrogens is 620 g/mol. The van der Waals surface area contributed by atoms with Crippen LogP contribution in [0, 0.1) is 0 Å². The van der Waals surface area contributed by atoms with Crippen molar-refractivity contribution in [1.29, 1.82) is 0 Å². The van der Waals surface area contributed by atoms with Crippen LogP contribution in [0.2, 0.25) is 0 Å². The van der Waals surface area contributed by atoms with E-state index in [0.717, 1.165) is 16.8 Å². The molecule has 0 radical (unpaired) electrons. The first kappa shape index (κ1) is 31.5. The number of pyridine rings is 1. The smallest absolute Gasteiger partial charge is 0.346 e. The molecular formula is C36H27N2O10+. The number of nitrogens with zero attached hydrogens (tertiary/aromatic N) is 2. The summed E-state index contributed by atoms with van der Waals surface area (Å²) in [7, 11) is 1.95. The SMILES string of the molecule is C[n+]1ccc(/C=C/c2ccc(N(CCOC(=O)c3ccc4c(c3)C(=O)OC4=O)CCOC(=O)c3ccc4c(c3)C(=O)OC4=O)cc2)cc1. The molecule has 3 heterocycles. The lowest BCUT2D eigenvalue weighted by atomic mass is 10.1. The zero-order valence-electron chi connectivity index (χ0n) is 25.5. The summed E-state index contributed by atoms with van der Waals surface area (Å²) in [4.78, 5) is 74.7. The third-order valence-electron chi connectivity index (χ3n) is 7.68. The molecule has 0 saturated heterocycles. The lowest BCUT2D eigenvalue weighted by molar-refractivity contribution is -0.671. The summed E-state index contributed by atoms with van der Waals surface area (Å²) in [6.07, 6.45) is 7.89. The Hall–Kier alpha value is -6.43. The third-order valence-corrected chi connectivity index (χ3v) is 7.68. The van der Waals surface area contributed by atoms with E-state index in [1.807, 2.05) is 77.5 Å². The molecule has 48 heavy (non-hydrogen) atoms. The van der Waals surface area contributed by atoms with Crippen LogP contribution >= 0.6 is 0 Å². The lowest BCUT2D eigenvalue weighted by Gasteiger charge is -2.24. The maximum atomic E-state index is 12.8. The molecule has 2 aliphatic rings.